The summed E-state index contributed by atoms with van der Waals surface area (Å²) < 4.78 is 5.66. The molecular formula is C28H34N2O5. The van der Waals surface area contributed by atoms with Crippen LogP contribution in [0.2, 0.25) is 0 Å². The summed E-state index contributed by atoms with van der Waals surface area (Å²) in [4.78, 5) is 38.7. The van der Waals surface area contributed by atoms with E-state index in [1.54, 1.807) is 4.90 Å². The summed E-state index contributed by atoms with van der Waals surface area (Å²) in [6.45, 7) is 4.56. The number of carbonyl (C=O) groups is 3. The fraction of sp³-hybridized carbons (Fsp3) is 0.464. The first kappa shape index (κ1) is 24.8. The van der Waals surface area contributed by atoms with E-state index in [9.17, 15) is 19.5 Å². The van der Waals surface area contributed by atoms with Gasteiger partial charge in [-0.1, -0.05) is 61.9 Å². The van der Waals surface area contributed by atoms with E-state index in [0.29, 0.717) is 25.8 Å². The highest BCUT2D eigenvalue weighted by molar-refractivity contribution is 5.80. The van der Waals surface area contributed by atoms with Gasteiger partial charge in [-0.05, 0) is 48.4 Å². The zero-order valence-electron chi connectivity index (χ0n) is 20.4. The van der Waals surface area contributed by atoms with Crippen molar-refractivity contribution in [3.05, 3.63) is 59.7 Å². The second kappa shape index (κ2) is 10.9. The molecule has 0 saturated carbocycles. The third-order valence-electron chi connectivity index (χ3n) is 7.27. The number of amides is 2. The average Bonchev–Trinajstić information content (AvgIpc) is 3.16. The van der Waals surface area contributed by atoms with E-state index < -0.39 is 18.0 Å². The van der Waals surface area contributed by atoms with Gasteiger partial charge in [0.05, 0.1) is 5.92 Å². The molecule has 2 unspecified atom stereocenters. The molecule has 1 aliphatic carbocycles. The number of nitrogens with zero attached hydrogens (tertiary/aromatic N) is 1. The molecule has 0 bridgehead atoms. The first-order valence-corrected chi connectivity index (χ1v) is 12.5. The summed E-state index contributed by atoms with van der Waals surface area (Å²) in [5, 5.41) is 12.2. The molecule has 186 valence electrons. The molecule has 3 atom stereocenters. The first-order valence-electron chi connectivity index (χ1n) is 12.5. The number of fused-ring (bicyclic) bond motifs is 3. The highest BCUT2D eigenvalue weighted by Gasteiger charge is 2.33. The van der Waals surface area contributed by atoms with Crippen LogP contribution in [0.3, 0.4) is 0 Å². The minimum Gasteiger partial charge on any atom is -0.481 e. The fourth-order valence-electron chi connectivity index (χ4n) is 5.48. The lowest BCUT2D eigenvalue weighted by Crippen LogP contribution is -2.48. The van der Waals surface area contributed by atoms with Crippen molar-refractivity contribution in [3.8, 4) is 11.1 Å². The van der Waals surface area contributed by atoms with Crippen LogP contribution in [0.25, 0.3) is 11.1 Å². The number of rotatable bonds is 8. The number of carboxylic acids is 1. The maximum atomic E-state index is 13.0. The molecule has 0 spiro atoms. The molecule has 35 heavy (non-hydrogen) atoms. The zero-order valence-corrected chi connectivity index (χ0v) is 20.4. The zero-order chi connectivity index (χ0) is 24.9. The molecule has 2 N–H and O–H groups in total. The molecule has 1 heterocycles. The van der Waals surface area contributed by atoms with E-state index in [0.717, 1.165) is 17.5 Å². The van der Waals surface area contributed by atoms with Crippen LogP contribution in [-0.2, 0) is 14.3 Å². The van der Waals surface area contributed by atoms with Gasteiger partial charge < -0.3 is 20.1 Å². The predicted molar refractivity (Wildman–Crippen MR) is 133 cm³/mol. The normalized spacial score (nSPS) is 20.0. The number of piperidine rings is 1. The maximum absolute atomic E-state index is 13.0. The minimum atomic E-state index is -0.801. The van der Waals surface area contributed by atoms with Crippen molar-refractivity contribution in [1.29, 1.82) is 0 Å². The SMILES string of the molecule is CCC[C@H](CC(=O)N1CCC(C(=O)O)CC1C)NC(=O)OCC1c2ccccc2-c2ccccc21. The highest BCUT2D eigenvalue weighted by Crippen LogP contribution is 2.44. The Bertz CT molecular complexity index is 1040. The number of aliphatic carboxylic acids is 1. The molecular weight excluding hydrogens is 444 g/mol. The number of nitrogens with one attached hydrogen (secondary N) is 1. The molecule has 2 amide bonds. The predicted octanol–water partition coefficient (Wildman–Crippen LogP) is 4.80. The van der Waals surface area contributed by atoms with Gasteiger partial charge in [0.1, 0.15) is 6.61 Å². The Morgan fingerprint density at radius 1 is 1.09 bits per heavy atom. The molecule has 0 radical (unpaired) electrons. The highest BCUT2D eigenvalue weighted by atomic mass is 16.5. The van der Waals surface area contributed by atoms with E-state index in [2.05, 4.69) is 29.6 Å². The van der Waals surface area contributed by atoms with Crippen molar-refractivity contribution < 1.29 is 24.2 Å². The monoisotopic (exact) mass is 478 g/mol. The Hall–Kier alpha value is -3.35. The number of alkyl carbamates (subject to hydrolysis) is 1. The van der Waals surface area contributed by atoms with Gasteiger partial charge in [-0.15, -0.1) is 0 Å². The number of likely N-dealkylation sites (tertiary alicyclic amines) is 1. The standard InChI is InChI=1S/C28H34N2O5/c1-3-8-20(16-26(31)30-14-13-19(27(32)33)15-18(30)2)29-28(34)35-17-25-23-11-6-4-9-21(23)22-10-5-7-12-24(22)25/h4-7,9-12,18-20,25H,3,8,13-17H2,1-2H3,(H,29,34)(H,32,33)/t18?,19?,20-/m1/s1. The summed E-state index contributed by atoms with van der Waals surface area (Å²) in [5.41, 5.74) is 4.65. The third-order valence-corrected chi connectivity index (χ3v) is 7.27. The van der Waals surface area contributed by atoms with Crippen molar-refractivity contribution in [3.63, 3.8) is 0 Å². The minimum absolute atomic E-state index is 0.0178. The molecule has 2 aromatic carbocycles. The lowest BCUT2D eigenvalue weighted by molar-refractivity contribution is -0.147. The van der Waals surface area contributed by atoms with Crippen molar-refractivity contribution >= 4 is 18.0 Å². The smallest absolute Gasteiger partial charge is 0.407 e. The van der Waals surface area contributed by atoms with Gasteiger partial charge in [0.2, 0.25) is 5.91 Å². The quantitative estimate of drug-likeness (QED) is 0.568. The summed E-state index contributed by atoms with van der Waals surface area (Å²) in [5.74, 6) is -1.28. The second-order valence-electron chi connectivity index (χ2n) is 9.66. The van der Waals surface area contributed by atoms with Gasteiger partial charge in [0.25, 0.3) is 0 Å². The van der Waals surface area contributed by atoms with Crippen LogP contribution < -0.4 is 5.32 Å². The van der Waals surface area contributed by atoms with Gasteiger partial charge in [0, 0.05) is 31.0 Å². The number of carboxylic acid groups (broad SMARTS) is 1. The molecule has 1 aliphatic heterocycles. The van der Waals surface area contributed by atoms with Gasteiger partial charge >= 0.3 is 12.1 Å². The van der Waals surface area contributed by atoms with Gasteiger partial charge in [-0.3, -0.25) is 9.59 Å². The van der Waals surface area contributed by atoms with Crippen molar-refractivity contribution in [1.82, 2.24) is 10.2 Å². The second-order valence-corrected chi connectivity index (χ2v) is 9.66. The summed E-state index contributed by atoms with van der Waals surface area (Å²) in [6, 6.07) is 15.9. The fourth-order valence-corrected chi connectivity index (χ4v) is 5.48. The van der Waals surface area contributed by atoms with Crippen LogP contribution in [0.5, 0.6) is 0 Å². The van der Waals surface area contributed by atoms with Crippen molar-refractivity contribution in [2.24, 2.45) is 5.92 Å². The Labute approximate surface area is 206 Å². The molecule has 0 aromatic heterocycles. The van der Waals surface area contributed by atoms with E-state index in [4.69, 9.17) is 4.74 Å². The van der Waals surface area contributed by atoms with Gasteiger partial charge in [0.15, 0.2) is 0 Å². The van der Waals surface area contributed by atoms with Crippen LogP contribution in [0, 0.1) is 5.92 Å². The van der Waals surface area contributed by atoms with Crippen molar-refractivity contribution in [2.45, 2.75) is 64.0 Å². The number of ether oxygens (including phenoxy) is 1. The Balaban J connectivity index is 1.34. The van der Waals surface area contributed by atoms with Crippen LogP contribution in [0.1, 0.15) is 63.0 Å². The van der Waals surface area contributed by atoms with Crippen LogP contribution in [0.4, 0.5) is 4.79 Å². The molecule has 7 nitrogen and oxygen atoms in total. The number of carbonyl (C=O) groups excluding carboxylic acids is 2. The lowest BCUT2D eigenvalue weighted by Gasteiger charge is -2.37. The molecule has 2 aromatic rings. The average molecular weight is 479 g/mol. The molecule has 2 aliphatic rings. The summed E-state index contributed by atoms with van der Waals surface area (Å²) >= 11 is 0. The van der Waals surface area contributed by atoms with E-state index >= 15 is 0 Å². The Morgan fingerprint density at radius 3 is 2.29 bits per heavy atom. The largest absolute Gasteiger partial charge is 0.481 e. The number of benzene rings is 2. The Kier molecular flexibility index (Phi) is 7.73. The van der Waals surface area contributed by atoms with Gasteiger partial charge in [-0.2, -0.15) is 0 Å². The maximum Gasteiger partial charge on any atom is 0.407 e. The van der Waals surface area contributed by atoms with E-state index in [1.165, 1.54) is 11.1 Å². The molecule has 4 rings (SSSR count). The molecule has 1 saturated heterocycles. The number of hydrogen-bond acceptors (Lipinski definition) is 4. The molecule has 7 heteroatoms. The number of hydrogen-bond donors (Lipinski definition) is 2. The topological polar surface area (TPSA) is 95.9 Å². The van der Waals surface area contributed by atoms with Crippen LogP contribution >= 0.6 is 0 Å². The van der Waals surface area contributed by atoms with Crippen LogP contribution in [0.15, 0.2) is 48.5 Å². The third kappa shape index (κ3) is 5.50. The lowest BCUT2D eigenvalue weighted by atomic mass is 9.91. The van der Waals surface area contributed by atoms with Crippen LogP contribution in [-0.4, -0.2) is 53.2 Å². The first-order chi connectivity index (χ1) is 16.9. The molecule has 1 fully saturated rings. The van der Waals surface area contributed by atoms with E-state index in [-0.39, 0.29) is 36.9 Å². The van der Waals surface area contributed by atoms with Gasteiger partial charge in [-0.25, -0.2) is 4.79 Å². The summed E-state index contributed by atoms with van der Waals surface area (Å²) in [6.07, 6.45) is 2.06. The van der Waals surface area contributed by atoms with E-state index in [1.807, 2.05) is 38.1 Å². The Morgan fingerprint density at radius 2 is 1.71 bits per heavy atom. The summed E-state index contributed by atoms with van der Waals surface area (Å²) in [7, 11) is 0. The van der Waals surface area contributed by atoms with Crippen molar-refractivity contribution in [2.75, 3.05) is 13.2 Å².